The Labute approximate surface area is 144 Å². The SMILES string of the molecule is COc1ccc(/C=N/NC(=O)C(=O)NCc2ccccn2)c(OC)c1. The van der Waals surface area contributed by atoms with Gasteiger partial charge in [0.15, 0.2) is 0 Å². The van der Waals surface area contributed by atoms with Crippen molar-refractivity contribution < 1.29 is 19.1 Å². The van der Waals surface area contributed by atoms with E-state index in [4.69, 9.17) is 9.47 Å². The van der Waals surface area contributed by atoms with Crippen LogP contribution < -0.4 is 20.2 Å². The van der Waals surface area contributed by atoms with E-state index in [-0.39, 0.29) is 6.54 Å². The van der Waals surface area contributed by atoms with Gasteiger partial charge in [0.25, 0.3) is 0 Å². The average Bonchev–Trinajstić information content (AvgIpc) is 2.66. The zero-order chi connectivity index (χ0) is 18.1. The number of ether oxygens (including phenoxy) is 2. The van der Waals surface area contributed by atoms with Gasteiger partial charge in [-0.05, 0) is 24.3 Å². The molecular weight excluding hydrogens is 324 g/mol. The molecule has 8 nitrogen and oxygen atoms in total. The first kappa shape index (κ1) is 17.9. The third-order valence-corrected chi connectivity index (χ3v) is 3.17. The molecule has 0 atom stereocenters. The predicted molar refractivity (Wildman–Crippen MR) is 91.4 cm³/mol. The van der Waals surface area contributed by atoms with Crippen LogP contribution in [0.3, 0.4) is 0 Å². The summed E-state index contributed by atoms with van der Waals surface area (Å²) in [4.78, 5) is 27.4. The Hall–Kier alpha value is -3.42. The van der Waals surface area contributed by atoms with Gasteiger partial charge in [-0.25, -0.2) is 5.43 Å². The van der Waals surface area contributed by atoms with Gasteiger partial charge in [0.2, 0.25) is 0 Å². The minimum absolute atomic E-state index is 0.156. The Morgan fingerprint density at radius 3 is 2.68 bits per heavy atom. The molecule has 25 heavy (non-hydrogen) atoms. The van der Waals surface area contributed by atoms with Crippen molar-refractivity contribution in [1.82, 2.24) is 15.7 Å². The second-order valence-corrected chi connectivity index (χ2v) is 4.81. The fourth-order valence-corrected chi connectivity index (χ4v) is 1.89. The van der Waals surface area contributed by atoms with Crippen molar-refractivity contribution in [2.75, 3.05) is 14.2 Å². The quantitative estimate of drug-likeness (QED) is 0.461. The standard InChI is InChI=1S/C17H18N4O4/c1-24-14-7-6-12(15(9-14)25-2)10-20-21-17(23)16(22)19-11-13-5-3-4-8-18-13/h3-10H,11H2,1-2H3,(H,19,22)(H,21,23)/b20-10+. The van der Waals surface area contributed by atoms with E-state index in [1.807, 2.05) is 0 Å². The van der Waals surface area contributed by atoms with Gasteiger partial charge in [0.1, 0.15) is 11.5 Å². The van der Waals surface area contributed by atoms with Gasteiger partial charge >= 0.3 is 11.8 Å². The number of carbonyl (C=O) groups is 2. The Kier molecular flexibility index (Phi) is 6.47. The lowest BCUT2D eigenvalue weighted by Crippen LogP contribution is -2.37. The summed E-state index contributed by atoms with van der Waals surface area (Å²) in [5.41, 5.74) is 3.43. The van der Waals surface area contributed by atoms with Crippen molar-refractivity contribution in [3.63, 3.8) is 0 Å². The third kappa shape index (κ3) is 5.31. The molecule has 1 aromatic carbocycles. The van der Waals surface area contributed by atoms with Gasteiger partial charge in [-0.1, -0.05) is 6.07 Å². The molecule has 0 spiro atoms. The normalized spacial score (nSPS) is 10.3. The molecule has 2 N–H and O–H groups in total. The summed E-state index contributed by atoms with van der Waals surface area (Å²) in [6, 6.07) is 10.4. The van der Waals surface area contributed by atoms with Gasteiger partial charge in [0.05, 0.1) is 32.7 Å². The van der Waals surface area contributed by atoms with Crippen molar-refractivity contribution in [1.29, 1.82) is 0 Å². The smallest absolute Gasteiger partial charge is 0.329 e. The topological polar surface area (TPSA) is 102 Å². The molecule has 0 aliphatic carbocycles. The average molecular weight is 342 g/mol. The number of pyridine rings is 1. The number of nitrogens with one attached hydrogen (secondary N) is 2. The summed E-state index contributed by atoms with van der Waals surface area (Å²) >= 11 is 0. The monoisotopic (exact) mass is 342 g/mol. The molecule has 2 rings (SSSR count). The molecule has 130 valence electrons. The lowest BCUT2D eigenvalue weighted by Gasteiger charge is -2.07. The minimum Gasteiger partial charge on any atom is -0.497 e. The summed E-state index contributed by atoms with van der Waals surface area (Å²) in [5, 5.41) is 6.22. The number of hydrogen-bond donors (Lipinski definition) is 2. The molecule has 0 aliphatic heterocycles. The van der Waals surface area contributed by atoms with Gasteiger partial charge in [-0.15, -0.1) is 0 Å². The first-order chi connectivity index (χ1) is 12.1. The highest BCUT2D eigenvalue weighted by Crippen LogP contribution is 2.22. The van der Waals surface area contributed by atoms with Crippen LogP contribution in [0, 0.1) is 0 Å². The number of benzene rings is 1. The molecule has 0 bridgehead atoms. The Morgan fingerprint density at radius 1 is 1.16 bits per heavy atom. The van der Waals surface area contributed by atoms with Crippen LogP contribution in [0.25, 0.3) is 0 Å². The number of nitrogens with zero attached hydrogens (tertiary/aromatic N) is 2. The van der Waals surface area contributed by atoms with Gasteiger partial charge in [-0.2, -0.15) is 5.10 Å². The van der Waals surface area contributed by atoms with Crippen LogP contribution >= 0.6 is 0 Å². The van der Waals surface area contributed by atoms with Gasteiger partial charge < -0.3 is 14.8 Å². The molecule has 2 amide bonds. The van der Waals surface area contributed by atoms with Gasteiger partial charge in [-0.3, -0.25) is 14.6 Å². The Balaban J connectivity index is 1.88. The number of methoxy groups -OCH3 is 2. The fourth-order valence-electron chi connectivity index (χ4n) is 1.89. The zero-order valence-corrected chi connectivity index (χ0v) is 13.9. The molecule has 0 aliphatic rings. The van der Waals surface area contributed by atoms with E-state index in [0.29, 0.717) is 22.8 Å². The van der Waals surface area contributed by atoms with Crippen molar-refractivity contribution in [2.45, 2.75) is 6.54 Å². The molecule has 0 saturated heterocycles. The Bertz CT molecular complexity index is 762. The molecule has 0 unspecified atom stereocenters. The van der Waals surface area contributed by atoms with Crippen LogP contribution in [-0.4, -0.2) is 37.2 Å². The zero-order valence-electron chi connectivity index (χ0n) is 13.9. The first-order valence-corrected chi connectivity index (χ1v) is 7.37. The van der Waals surface area contributed by atoms with Crippen molar-refractivity contribution >= 4 is 18.0 Å². The molecule has 0 fully saturated rings. The van der Waals surface area contributed by atoms with E-state index in [9.17, 15) is 9.59 Å². The number of rotatable bonds is 6. The van der Waals surface area contributed by atoms with Crippen molar-refractivity contribution in [2.24, 2.45) is 5.10 Å². The number of carbonyl (C=O) groups excluding carboxylic acids is 2. The predicted octanol–water partition coefficient (Wildman–Crippen LogP) is 0.865. The summed E-state index contributed by atoms with van der Waals surface area (Å²) in [6.45, 7) is 0.156. The number of amides is 2. The maximum absolute atomic E-state index is 11.7. The van der Waals surface area contributed by atoms with E-state index in [0.717, 1.165) is 0 Å². The second kappa shape index (κ2) is 9.02. The minimum atomic E-state index is -0.875. The molecule has 1 heterocycles. The first-order valence-electron chi connectivity index (χ1n) is 7.37. The van der Waals surface area contributed by atoms with Crippen molar-refractivity contribution in [3.05, 3.63) is 53.9 Å². The molecule has 1 aromatic heterocycles. The molecule has 8 heteroatoms. The van der Waals surface area contributed by atoms with Crippen molar-refractivity contribution in [3.8, 4) is 11.5 Å². The van der Waals surface area contributed by atoms with Crippen LogP contribution in [0.4, 0.5) is 0 Å². The van der Waals surface area contributed by atoms with E-state index >= 15 is 0 Å². The van der Waals surface area contributed by atoms with Crippen LogP contribution in [-0.2, 0) is 16.1 Å². The molecule has 0 radical (unpaired) electrons. The number of hydrazone groups is 1. The second-order valence-electron chi connectivity index (χ2n) is 4.81. The summed E-state index contributed by atoms with van der Waals surface area (Å²) < 4.78 is 10.3. The summed E-state index contributed by atoms with van der Waals surface area (Å²) in [6.07, 6.45) is 2.98. The van der Waals surface area contributed by atoms with Gasteiger partial charge in [0, 0.05) is 17.8 Å². The highest BCUT2D eigenvalue weighted by molar-refractivity contribution is 6.35. The van der Waals surface area contributed by atoms with Crippen LogP contribution in [0.15, 0.2) is 47.7 Å². The van der Waals surface area contributed by atoms with Crippen LogP contribution in [0.1, 0.15) is 11.3 Å². The summed E-state index contributed by atoms with van der Waals surface area (Å²) in [5.74, 6) is -0.520. The molecule has 2 aromatic rings. The van der Waals surface area contributed by atoms with Crippen LogP contribution in [0.5, 0.6) is 11.5 Å². The van der Waals surface area contributed by atoms with E-state index in [2.05, 4.69) is 20.8 Å². The largest absolute Gasteiger partial charge is 0.497 e. The molecular formula is C17H18N4O4. The maximum Gasteiger partial charge on any atom is 0.329 e. The highest BCUT2D eigenvalue weighted by Gasteiger charge is 2.12. The Morgan fingerprint density at radius 2 is 2.00 bits per heavy atom. The fraction of sp³-hybridized carbons (Fsp3) is 0.176. The lowest BCUT2D eigenvalue weighted by molar-refractivity contribution is -0.139. The highest BCUT2D eigenvalue weighted by atomic mass is 16.5. The number of aromatic nitrogens is 1. The van der Waals surface area contributed by atoms with Crippen LogP contribution in [0.2, 0.25) is 0 Å². The number of hydrogen-bond acceptors (Lipinski definition) is 6. The van der Waals surface area contributed by atoms with E-state index in [1.54, 1.807) is 49.7 Å². The lowest BCUT2D eigenvalue weighted by atomic mass is 10.2. The third-order valence-electron chi connectivity index (χ3n) is 3.17. The summed E-state index contributed by atoms with van der Waals surface area (Å²) in [7, 11) is 3.06. The molecule has 0 saturated carbocycles. The maximum atomic E-state index is 11.7. The van der Waals surface area contributed by atoms with E-state index in [1.165, 1.54) is 13.3 Å². The van der Waals surface area contributed by atoms with E-state index < -0.39 is 11.8 Å².